The van der Waals surface area contributed by atoms with Crippen molar-refractivity contribution < 1.29 is 0 Å². The van der Waals surface area contributed by atoms with E-state index in [1.165, 1.54) is 51.4 Å². The van der Waals surface area contributed by atoms with Crippen LogP contribution >= 0.6 is 12.6 Å². The summed E-state index contributed by atoms with van der Waals surface area (Å²) in [7, 11) is 0. The van der Waals surface area contributed by atoms with E-state index >= 15 is 0 Å². The van der Waals surface area contributed by atoms with E-state index < -0.39 is 0 Å². The lowest BCUT2D eigenvalue weighted by Crippen LogP contribution is -2.41. The summed E-state index contributed by atoms with van der Waals surface area (Å²) in [5.41, 5.74) is 1.81. The average molecular weight is 361 g/mol. The third-order valence-corrected chi connectivity index (χ3v) is 8.93. The normalized spacial score (nSPS) is 43.4. The van der Waals surface area contributed by atoms with E-state index in [1.807, 2.05) is 5.57 Å². The average Bonchev–Trinajstić information content (AvgIpc) is 3.01. The van der Waals surface area contributed by atoms with Crippen LogP contribution in [0.2, 0.25) is 0 Å². The molecule has 0 nitrogen and oxygen atoms in total. The summed E-state index contributed by atoms with van der Waals surface area (Å²) in [6.45, 7) is 4.75. The summed E-state index contributed by atoms with van der Waals surface area (Å²) in [6.07, 6.45) is 20.4. The van der Waals surface area contributed by atoms with Crippen molar-refractivity contribution in [3.05, 3.63) is 11.6 Å². The quantitative estimate of drug-likeness (QED) is 0.297. The van der Waals surface area contributed by atoms with Gasteiger partial charge in [-0.1, -0.05) is 51.2 Å². The van der Waals surface area contributed by atoms with Crippen LogP contribution in [0, 0.1) is 41.4 Å². The summed E-state index contributed by atoms with van der Waals surface area (Å²) in [6, 6.07) is 0. The highest BCUT2D eigenvalue weighted by Crippen LogP contribution is 2.58. The molecule has 0 aliphatic heterocycles. The van der Waals surface area contributed by atoms with Gasteiger partial charge in [0.1, 0.15) is 0 Å². The van der Waals surface area contributed by atoms with E-state index in [0.717, 1.165) is 41.4 Å². The highest BCUT2D eigenvalue weighted by molar-refractivity contribution is 7.80. The standard InChI is InChI=1S/C24H40S/c1-16(2)5-3-4-6-17-7-10-22-20(17)13-14-23-21-12-9-19(25)15-18(21)8-11-24(22)23/h8,16-17,19-25H,3-7,9-15H2,1-2H3. The zero-order valence-electron chi connectivity index (χ0n) is 16.6. The molecule has 7 atom stereocenters. The molecule has 3 saturated carbocycles. The molecule has 0 N–H and O–H groups in total. The fourth-order valence-corrected chi connectivity index (χ4v) is 7.70. The third kappa shape index (κ3) is 3.87. The van der Waals surface area contributed by atoms with Crippen molar-refractivity contribution in [1.29, 1.82) is 0 Å². The fourth-order valence-electron chi connectivity index (χ4n) is 7.34. The molecule has 0 amide bonds. The molecule has 0 bridgehead atoms. The summed E-state index contributed by atoms with van der Waals surface area (Å²) in [5, 5.41) is 0.650. The number of unbranched alkanes of at least 4 members (excludes halogenated alkanes) is 1. The first-order valence-corrected chi connectivity index (χ1v) is 12.0. The molecule has 0 aromatic carbocycles. The number of rotatable bonds is 5. The lowest BCUT2D eigenvalue weighted by molar-refractivity contribution is 0.0498. The Bertz CT molecular complexity index is 478. The number of hydrogen-bond acceptors (Lipinski definition) is 1. The molecule has 0 saturated heterocycles. The zero-order valence-corrected chi connectivity index (χ0v) is 17.5. The van der Waals surface area contributed by atoms with E-state index in [-0.39, 0.29) is 0 Å². The summed E-state index contributed by atoms with van der Waals surface area (Å²) in [5.74, 6) is 7.19. The van der Waals surface area contributed by atoms with Crippen molar-refractivity contribution in [3.8, 4) is 0 Å². The molecule has 7 unspecified atom stereocenters. The van der Waals surface area contributed by atoms with Crippen LogP contribution in [0.3, 0.4) is 0 Å². The second-order valence-corrected chi connectivity index (χ2v) is 11.0. The van der Waals surface area contributed by atoms with E-state index in [2.05, 4.69) is 19.9 Å². The molecule has 0 radical (unpaired) electrons. The van der Waals surface area contributed by atoms with Crippen LogP contribution in [0.25, 0.3) is 0 Å². The number of thiol groups is 1. The van der Waals surface area contributed by atoms with Gasteiger partial charge in [0, 0.05) is 5.25 Å². The van der Waals surface area contributed by atoms with Gasteiger partial charge in [0.15, 0.2) is 0 Å². The lowest BCUT2D eigenvalue weighted by Gasteiger charge is -2.49. The van der Waals surface area contributed by atoms with Crippen molar-refractivity contribution in [2.75, 3.05) is 0 Å². The predicted molar refractivity (Wildman–Crippen MR) is 112 cm³/mol. The van der Waals surface area contributed by atoms with Gasteiger partial charge in [0.2, 0.25) is 0 Å². The van der Waals surface area contributed by atoms with E-state index in [4.69, 9.17) is 12.6 Å². The number of fused-ring (bicyclic) bond motifs is 5. The Hall–Kier alpha value is 0.0900. The van der Waals surface area contributed by atoms with Crippen LogP contribution in [0.1, 0.15) is 90.9 Å². The van der Waals surface area contributed by atoms with Crippen molar-refractivity contribution in [3.63, 3.8) is 0 Å². The highest BCUT2D eigenvalue weighted by atomic mass is 32.1. The summed E-state index contributed by atoms with van der Waals surface area (Å²) >= 11 is 4.78. The highest BCUT2D eigenvalue weighted by Gasteiger charge is 2.49. The molecule has 3 fully saturated rings. The first-order chi connectivity index (χ1) is 12.1. The van der Waals surface area contributed by atoms with Crippen LogP contribution in [-0.2, 0) is 0 Å². The van der Waals surface area contributed by atoms with Gasteiger partial charge in [-0.3, -0.25) is 0 Å². The van der Waals surface area contributed by atoms with Gasteiger partial charge in [-0.15, -0.1) is 0 Å². The number of allylic oxidation sites excluding steroid dienone is 2. The van der Waals surface area contributed by atoms with Crippen LogP contribution in [0.4, 0.5) is 0 Å². The summed E-state index contributed by atoms with van der Waals surface area (Å²) in [4.78, 5) is 0. The van der Waals surface area contributed by atoms with E-state index in [9.17, 15) is 0 Å². The van der Waals surface area contributed by atoms with Gasteiger partial charge in [-0.25, -0.2) is 0 Å². The summed E-state index contributed by atoms with van der Waals surface area (Å²) < 4.78 is 0. The predicted octanol–water partition coefficient (Wildman–Crippen LogP) is 7.30. The minimum atomic E-state index is 0.650. The van der Waals surface area contributed by atoms with Gasteiger partial charge >= 0.3 is 0 Å². The molecule has 1 heteroatoms. The Morgan fingerprint density at radius 2 is 1.72 bits per heavy atom. The largest absolute Gasteiger partial charge is 0.176 e. The maximum absolute atomic E-state index is 4.78. The second-order valence-electron chi connectivity index (χ2n) is 10.3. The SMILES string of the molecule is CC(C)CCCCC1CCC2C1CCC1C3CCC(S)CC3=CCC12. The maximum atomic E-state index is 4.78. The smallest absolute Gasteiger partial charge is 0.00542 e. The van der Waals surface area contributed by atoms with Crippen LogP contribution in [0.5, 0.6) is 0 Å². The van der Waals surface area contributed by atoms with Gasteiger partial charge in [0.25, 0.3) is 0 Å². The Labute approximate surface area is 162 Å². The van der Waals surface area contributed by atoms with Crippen molar-refractivity contribution in [2.45, 2.75) is 96.1 Å². The molecule has 142 valence electrons. The lowest BCUT2D eigenvalue weighted by atomic mass is 9.56. The third-order valence-electron chi connectivity index (χ3n) is 8.49. The Morgan fingerprint density at radius 3 is 2.56 bits per heavy atom. The minimum Gasteiger partial charge on any atom is -0.176 e. The Kier molecular flexibility index (Phi) is 5.90. The van der Waals surface area contributed by atoms with Crippen molar-refractivity contribution in [2.24, 2.45) is 41.4 Å². The fraction of sp³-hybridized carbons (Fsp3) is 0.917. The van der Waals surface area contributed by atoms with E-state index in [1.54, 1.807) is 25.7 Å². The van der Waals surface area contributed by atoms with Crippen LogP contribution in [0.15, 0.2) is 11.6 Å². The molecule has 0 spiro atoms. The molecule has 4 aliphatic carbocycles. The molecule has 4 rings (SSSR count). The minimum absolute atomic E-state index is 0.650. The monoisotopic (exact) mass is 360 g/mol. The maximum Gasteiger partial charge on any atom is 0.00542 e. The molecule has 0 aromatic rings. The Balaban J connectivity index is 1.36. The molecular weight excluding hydrogens is 320 g/mol. The van der Waals surface area contributed by atoms with Crippen molar-refractivity contribution in [1.82, 2.24) is 0 Å². The van der Waals surface area contributed by atoms with Crippen molar-refractivity contribution >= 4 is 12.6 Å². The molecule has 0 heterocycles. The number of hydrogen-bond donors (Lipinski definition) is 1. The van der Waals surface area contributed by atoms with E-state index in [0.29, 0.717) is 5.25 Å². The zero-order chi connectivity index (χ0) is 17.4. The second kappa shape index (κ2) is 7.99. The van der Waals surface area contributed by atoms with Gasteiger partial charge in [-0.2, -0.15) is 12.6 Å². The molecule has 25 heavy (non-hydrogen) atoms. The topological polar surface area (TPSA) is 0 Å². The van der Waals surface area contributed by atoms with Gasteiger partial charge in [0.05, 0.1) is 0 Å². The first kappa shape index (κ1) is 18.5. The first-order valence-electron chi connectivity index (χ1n) is 11.5. The van der Waals surface area contributed by atoms with Gasteiger partial charge in [-0.05, 0) is 92.8 Å². The molecule has 4 aliphatic rings. The Morgan fingerprint density at radius 1 is 0.920 bits per heavy atom. The van der Waals surface area contributed by atoms with Crippen LogP contribution in [-0.4, -0.2) is 5.25 Å². The van der Waals surface area contributed by atoms with Crippen LogP contribution < -0.4 is 0 Å². The molecular formula is C24H40S. The van der Waals surface area contributed by atoms with Gasteiger partial charge < -0.3 is 0 Å². The molecule has 0 aromatic heterocycles.